The Kier molecular flexibility index (Phi) is 8.92. The van der Waals surface area contributed by atoms with Crippen LogP contribution in [0, 0.1) is 5.41 Å². The van der Waals surface area contributed by atoms with Crippen LogP contribution in [0.5, 0.6) is 5.75 Å². The van der Waals surface area contributed by atoms with E-state index in [4.69, 9.17) is 19.4 Å². The smallest absolute Gasteiger partial charge is 0.290 e. The lowest BCUT2D eigenvalue weighted by atomic mass is 9.76. The van der Waals surface area contributed by atoms with E-state index < -0.39 is 0 Å². The van der Waals surface area contributed by atoms with E-state index in [0.717, 1.165) is 25.3 Å². The van der Waals surface area contributed by atoms with Gasteiger partial charge in [-0.25, -0.2) is 0 Å². The molecule has 0 unspecified atom stereocenters. The third-order valence-corrected chi connectivity index (χ3v) is 6.63. The molecule has 2 aliphatic rings. The van der Waals surface area contributed by atoms with E-state index in [2.05, 4.69) is 59.5 Å². The van der Waals surface area contributed by atoms with Crippen molar-refractivity contribution in [2.45, 2.75) is 51.2 Å². The molecule has 2 fully saturated rings. The Morgan fingerprint density at radius 1 is 1.06 bits per heavy atom. The maximum atomic E-state index is 8.36. The Labute approximate surface area is 186 Å². The number of nitrogens with zero attached hydrogens (tertiary/aromatic N) is 1. The summed E-state index contributed by atoms with van der Waals surface area (Å²) in [4.78, 5) is 11.0. The van der Waals surface area contributed by atoms with Gasteiger partial charge in [-0.2, -0.15) is 0 Å². The molecule has 1 heterocycles. The monoisotopic (exact) mass is 425 g/mol. The zero-order valence-electron chi connectivity index (χ0n) is 18.5. The van der Waals surface area contributed by atoms with Crippen molar-refractivity contribution >= 4 is 6.47 Å². The van der Waals surface area contributed by atoms with Crippen LogP contribution >= 0.6 is 0 Å². The fraction of sp³-hybridized carbons (Fsp3) is 0.500. The van der Waals surface area contributed by atoms with E-state index in [1.807, 2.05) is 7.11 Å². The van der Waals surface area contributed by atoms with Gasteiger partial charge in [0.25, 0.3) is 6.47 Å². The third-order valence-electron chi connectivity index (χ3n) is 6.63. The molecule has 0 radical (unpaired) electrons. The van der Waals surface area contributed by atoms with Crippen LogP contribution in [0.15, 0.2) is 54.6 Å². The van der Waals surface area contributed by atoms with Gasteiger partial charge in [0.2, 0.25) is 0 Å². The first-order valence-corrected chi connectivity index (χ1v) is 11.3. The molecule has 1 spiro atoms. The normalized spacial score (nSPS) is 23.2. The first-order valence-electron chi connectivity index (χ1n) is 11.3. The predicted octanol–water partition coefficient (Wildman–Crippen LogP) is 4.79. The van der Waals surface area contributed by atoms with Gasteiger partial charge in [-0.3, -0.25) is 9.69 Å². The standard InChI is InChI=1S/C25H33NO2.CH2O2/c1-27-24-9-5-15-25(24)16-6-17-26(20-25)19-22-10-12-23(13-11-22)28-18-14-21-7-3-2-4-8-21;2-1-3/h2-4,7-8,10-13,24H,5-6,9,14-20H2,1H3;1H,(H,2,3)/t24-,25+;/m1./s1. The topological polar surface area (TPSA) is 59.0 Å². The van der Waals surface area contributed by atoms with Gasteiger partial charge in [0.05, 0.1) is 12.7 Å². The molecular formula is C26H35NO4. The summed E-state index contributed by atoms with van der Waals surface area (Å²) in [5, 5.41) is 6.89. The second-order valence-electron chi connectivity index (χ2n) is 8.63. The lowest BCUT2D eigenvalue weighted by Crippen LogP contribution is -2.47. The van der Waals surface area contributed by atoms with Crippen molar-refractivity contribution in [2.75, 3.05) is 26.8 Å². The van der Waals surface area contributed by atoms with Crippen LogP contribution in [-0.4, -0.2) is 49.4 Å². The quantitative estimate of drug-likeness (QED) is 0.647. The molecule has 31 heavy (non-hydrogen) atoms. The van der Waals surface area contributed by atoms with Crippen LogP contribution in [0.4, 0.5) is 0 Å². The van der Waals surface area contributed by atoms with E-state index in [1.165, 1.54) is 56.3 Å². The molecule has 1 aliphatic heterocycles. The van der Waals surface area contributed by atoms with Crippen LogP contribution in [0.3, 0.4) is 0 Å². The number of ether oxygens (including phenoxy) is 2. The summed E-state index contributed by atoms with van der Waals surface area (Å²) in [6.07, 6.45) is 7.91. The highest BCUT2D eigenvalue weighted by atomic mass is 16.5. The fourth-order valence-electron chi connectivity index (χ4n) is 5.22. The molecule has 2 aromatic carbocycles. The highest BCUT2D eigenvalue weighted by Gasteiger charge is 2.45. The van der Waals surface area contributed by atoms with E-state index in [-0.39, 0.29) is 6.47 Å². The largest absolute Gasteiger partial charge is 0.493 e. The summed E-state index contributed by atoms with van der Waals surface area (Å²) in [7, 11) is 1.90. The second-order valence-corrected chi connectivity index (χ2v) is 8.63. The van der Waals surface area contributed by atoms with Crippen LogP contribution < -0.4 is 4.74 Å². The average Bonchev–Trinajstić information content (AvgIpc) is 3.17. The molecule has 1 aliphatic carbocycles. The number of methoxy groups -OCH3 is 1. The number of likely N-dealkylation sites (tertiary alicyclic amines) is 1. The van der Waals surface area contributed by atoms with Crippen molar-refractivity contribution in [3.63, 3.8) is 0 Å². The van der Waals surface area contributed by atoms with Gasteiger partial charge in [0.1, 0.15) is 5.75 Å². The SMILES string of the molecule is CO[C@@H]1CCC[C@@]12CCCN(Cc1ccc(OCCc3ccccc3)cc1)C2.O=CO. The Bertz CT molecular complexity index is 780. The van der Waals surface area contributed by atoms with Crippen molar-refractivity contribution in [1.29, 1.82) is 0 Å². The lowest BCUT2D eigenvalue weighted by molar-refractivity contribution is -0.122. The first-order chi connectivity index (χ1) is 15.2. The minimum atomic E-state index is -0.250. The summed E-state index contributed by atoms with van der Waals surface area (Å²) in [5.41, 5.74) is 3.09. The van der Waals surface area contributed by atoms with Crippen molar-refractivity contribution < 1.29 is 19.4 Å². The number of piperidine rings is 1. The minimum Gasteiger partial charge on any atom is -0.493 e. The zero-order chi connectivity index (χ0) is 21.9. The first kappa shape index (κ1) is 23.3. The number of hydrogen-bond acceptors (Lipinski definition) is 4. The second kappa shape index (κ2) is 11.9. The fourth-order valence-corrected chi connectivity index (χ4v) is 5.22. The summed E-state index contributed by atoms with van der Waals surface area (Å²) in [5.74, 6) is 0.963. The average molecular weight is 426 g/mol. The highest BCUT2D eigenvalue weighted by Crippen LogP contribution is 2.46. The number of hydrogen-bond donors (Lipinski definition) is 1. The van der Waals surface area contributed by atoms with Crippen LogP contribution in [-0.2, 0) is 22.5 Å². The summed E-state index contributed by atoms with van der Waals surface area (Å²) in [6, 6.07) is 19.2. The molecule has 5 heteroatoms. The zero-order valence-corrected chi connectivity index (χ0v) is 18.5. The molecule has 168 valence electrons. The Morgan fingerprint density at radius 3 is 2.48 bits per heavy atom. The predicted molar refractivity (Wildman–Crippen MR) is 122 cm³/mol. The number of benzene rings is 2. The van der Waals surface area contributed by atoms with Gasteiger partial charge < -0.3 is 14.6 Å². The van der Waals surface area contributed by atoms with Crippen LogP contribution in [0.1, 0.15) is 43.2 Å². The Morgan fingerprint density at radius 2 is 1.77 bits per heavy atom. The van der Waals surface area contributed by atoms with Crippen molar-refractivity contribution in [3.05, 3.63) is 65.7 Å². The van der Waals surface area contributed by atoms with Crippen molar-refractivity contribution in [1.82, 2.24) is 4.90 Å². The van der Waals surface area contributed by atoms with E-state index in [9.17, 15) is 0 Å². The molecule has 2 aromatic rings. The van der Waals surface area contributed by atoms with Gasteiger partial charge in [-0.05, 0) is 55.5 Å². The summed E-state index contributed by atoms with van der Waals surface area (Å²) < 4.78 is 11.8. The number of carbonyl (C=O) groups is 1. The van der Waals surface area contributed by atoms with Gasteiger partial charge in [0.15, 0.2) is 0 Å². The number of carboxylic acid groups (broad SMARTS) is 1. The highest BCUT2D eigenvalue weighted by molar-refractivity contribution is 5.32. The molecule has 0 aromatic heterocycles. The molecular weight excluding hydrogens is 390 g/mol. The maximum absolute atomic E-state index is 8.36. The maximum Gasteiger partial charge on any atom is 0.290 e. The van der Waals surface area contributed by atoms with E-state index in [0.29, 0.717) is 11.5 Å². The van der Waals surface area contributed by atoms with Gasteiger partial charge in [-0.15, -0.1) is 0 Å². The summed E-state index contributed by atoms with van der Waals surface area (Å²) >= 11 is 0. The van der Waals surface area contributed by atoms with Crippen LogP contribution in [0.25, 0.3) is 0 Å². The molecule has 5 nitrogen and oxygen atoms in total. The van der Waals surface area contributed by atoms with Crippen LogP contribution in [0.2, 0.25) is 0 Å². The minimum absolute atomic E-state index is 0.250. The van der Waals surface area contributed by atoms with Gasteiger partial charge >= 0.3 is 0 Å². The van der Waals surface area contributed by atoms with E-state index >= 15 is 0 Å². The Balaban J connectivity index is 0.000000858. The Hall–Kier alpha value is -2.37. The lowest BCUT2D eigenvalue weighted by Gasteiger charge is -2.43. The van der Waals surface area contributed by atoms with Gasteiger partial charge in [-0.1, -0.05) is 48.9 Å². The number of rotatable bonds is 7. The molecule has 1 N–H and O–H groups in total. The van der Waals surface area contributed by atoms with E-state index in [1.54, 1.807) is 0 Å². The molecule has 4 rings (SSSR count). The molecule has 1 saturated carbocycles. The molecule has 1 saturated heterocycles. The molecule has 0 amide bonds. The van der Waals surface area contributed by atoms with Crippen molar-refractivity contribution in [3.8, 4) is 5.75 Å². The third kappa shape index (κ3) is 6.55. The van der Waals surface area contributed by atoms with Crippen molar-refractivity contribution in [2.24, 2.45) is 5.41 Å². The molecule has 0 bridgehead atoms. The van der Waals surface area contributed by atoms with Gasteiger partial charge in [0, 0.05) is 32.0 Å². The molecule has 2 atom stereocenters. The summed E-state index contributed by atoms with van der Waals surface area (Å²) in [6.45, 7) is 3.88.